The number of carbonyl (C=O) groups excluding carboxylic acids is 1. The average Bonchev–Trinajstić information content (AvgIpc) is 2.69. The molecule has 28 heavy (non-hydrogen) atoms. The van der Waals surface area contributed by atoms with E-state index in [1.165, 1.54) is 24.4 Å². The van der Waals surface area contributed by atoms with Gasteiger partial charge < -0.3 is 15.4 Å². The maximum atomic E-state index is 12.8. The monoisotopic (exact) mass is 394 g/mol. The average molecular weight is 394 g/mol. The molecule has 0 atom stereocenters. The molecule has 1 amide bonds. The lowest BCUT2D eigenvalue weighted by atomic mass is 10.2. The highest BCUT2D eigenvalue weighted by Crippen LogP contribution is 2.31. The smallest absolute Gasteiger partial charge is 0.379 e. The third-order valence-electron chi connectivity index (χ3n) is 4.29. The highest BCUT2D eigenvalue weighted by Gasteiger charge is 2.30. The number of hydrogen-bond donors (Lipinski definition) is 2. The van der Waals surface area contributed by atoms with E-state index in [4.69, 9.17) is 4.74 Å². The van der Waals surface area contributed by atoms with Gasteiger partial charge in [-0.15, -0.1) is 0 Å². The molecule has 2 heterocycles. The van der Waals surface area contributed by atoms with Gasteiger partial charge >= 0.3 is 6.18 Å². The normalized spacial score (nSPS) is 15.2. The molecule has 150 valence electrons. The van der Waals surface area contributed by atoms with Crippen molar-refractivity contribution < 1.29 is 22.7 Å². The molecule has 0 bridgehead atoms. The van der Waals surface area contributed by atoms with Crippen molar-refractivity contribution in [2.24, 2.45) is 0 Å². The summed E-state index contributed by atoms with van der Waals surface area (Å²) >= 11 is 0. The number of ether oxygens (including phenoxy) is 1. The summed E-state index contributed by atoms with van der Waals surface area (Å²) < 4.78 is 43.6. The van der Waals surface area contributed by atoms with Crippen LogP contribution in [0.25, 0.3) is 0 Å². The SMILES string of the molecule is O=C(NCCN1CCOCC1)c1ccc(Nc2cccc(C(F)(F)F)c2)cn1. The zero-order valence-electron chi connectivity index (χ0n) is 15.1. The summed E-state index contributed by atoms with van der Waals surface area (Å²) in [5.41, 5.74) is 0.293. The molecule has 1 saturated heterocycles. The van der Waals surface area contributed by atoms with Crippen LogP contribution in [-0.2, 0) is 10.9 Å². The largest absolute Gasteiger partial charge is 0.416 e. The van der Waals surface area contributed by atoms with E-state index in [1.807, 2.05) is 0 Å². The van der Waals surface area contributed by atoms with Crippen LogP contribution >= 0.6 is 0 Å². The van der Waals surface area contributed by atoms with Crippen LogP contribution in [0.3, 0.4) is 0 Å². The minimum atomic E-state index is -4.40. The third-order valence-corrected chi connectivity index (χ3v) is 4.29. The maximum absolute atomic E-state index is 12.8. The maximum Gasteiger partial charge on any atom is 0.416 e. The fourth-order valence-electron chi connectivity index (χ4n) is 2.78. The lowest BCUT2D eigenvalue weighted by Crippen LogP contribution is -2.41. The van der Waals surface area contributed by atoms with E-state index in [-0.39, 0.29) is 11.6 Å². The Morgan fingerprint density at radius 3 is 2.61 bits per heavy atom. The predicted molar refractivity (Wildman–Crippen MR) is 98.6 cm³/mol. The van der Waals surface area contributed by atoms with E-state index in [0.717, 1.165) is 31.8 Å². The standard InChI is InChI=1S/C19H21F3N4O2/c20-19(21,22)14-2-1-3-15(12-14)25-16-4-5-17(24-13-16)18(27)23-6-7-26-8-10-28-11-9-26/h1-5,12-13,25H,6-11H2,(H,23,27). The molecule has 9 heteroatoms. The zero-order chi connectivity index (χ0) is 20.0. The summed E-state index contributed by atoms with van der Waals surface area (Å²) in [6.45, 7) is 4.36. The number of benzene rings is 1. The van der Waals surface area contributed by atoms with E-state index < -0.39 is 11.7 Å². The van der Waals surface area contributed by atoms with Crippen molar-refractivity contribution in [3.8, 4) is 0 Å². The number of alkyl halides is 3. The molecule has 3 rings (SSSR count). The summed E-state index contributed by atoms with van der Waals surface area (Å²) in [5, 5.41) is 5.67. The first kappa shape index (κ1) is 20.1. The van der Waals surface area contributed by atoms with Crippen LogP contribution in [0.4, 0.5) is 24.5 Å². The second-order valence-electron chi connectivity index (χ2n) is 6.35. The highest BCUT2D eigenvalue weighted by atomic mass is 19.4. The molecular weight excluding hydrogens is 373 g/mol. The van der Waals surface area contributed by atoms with Gasteiger partial charge in [0, 0.05) is 31.9 Å². The summed E-state index contributed by atoms with van der Waals surface area (Å²) in [6, 6.07) is 8.01. The number of aromatic nitrogens is 1. The molecule has 1 aliphatic rings. The number of hydrogen-bond acceptors (Lipinski definition) is 5. The second kappa shape index (κ2) is 9.03. The first-order chi connectivity index (χ1) is 13.4. The number of carbonyl (C=O) groups is 1. The summed E-state index contributed by atoms with van der Waals surface area (Å²) in [7, 11) is 0. The molecule has 0 unspecified atom stereocenters. The van der Waals surface area contributed by atoms with Crippen LogP contribution in [0.1, 0.15) is 16.1 Å². The number of morpholine rings is 1. The van der Waals surface area contributed by atoms with Crippen LogP contribution < -0.4 is 10.6 Å². The van der Waals surface area contributed by atoms with Crippen LogP contribution in [0.2, 0.25) is 0 Å². The minimum absolute atomic E-state index is 0.247. The van der Waals surface area contributed by atoms with Gasteiger partial charge in [-0.2, -0.15) is 13.2 Å². The molecule has 6 nitrogen and oxygen atoms in total. The number of anilines is 2. The van der Waals surface area contributed by atoms with Gasteiger partial charge in [-0.05, 0) is 30.3 Å². The van der Waals surface area contributed by atoms with Crippen LogP contribution in [0.15, 0.2) is 42.6 Å². The van der Waals surface area contributed by atoms with E-state index in [0.29, 0.717) is 31.1 Å². The van der Waals surface area contributed by atoms with E-state index in [9.17, 15) is 18.0 Å². The van der Waals surface area contributed by atoms with Crippen LogP contribution in [0, 0.1) is 0 Å². The Hall–Kier alpha value is -2.65. The van der Waals surface area contributed by atoms with Crippen LogP contribution in [0.5, 0.6) is 0 Å². The highest BCUT2D eigenvalue weighted by molar-refractivity contribution is 5.92. The Morgan fingerprint density at radius 2 is 1.93 bits per heavy atom. The van der Waals surface area contributed by atoms with E-state index in [2.05, 4.69) is 20.5 Å². The van der Waals surface area contributed by atoms with Crippen molar-refractivity contribution in [1.82, 2.24) is 15.2 Å². The number of amides is 1. The predicted octanol–water partition coefficient (Wildman–Crippen LogP) is 2.91. The van der Waals surface area contributed by atoms with Crippen molar-refractivity contribution in [1.29, 1.82) is 0 Å². The lowest BCUT2D eigenvalue weighted by Gasteiger charge is -2.26. The van der Waals surface area contributed by atoms with Gasteiger partial charge in [-0.1, -0.05) is 6.07 Å². The van der Waals surface area contributed by atoms with Gasteiger partial charge in [-0.3, -0.25) is 9.69 Å². The van der Waals surface area contributed by atoms with Gasteiger partial charge in [0.05, 0.1) is 30.7 Å². The third kappa shape index (κ3) is 5.67. The first-order valence-electron chi connectivity index (χ1n) is 8.90. The van der Waals surface area contributed by atoms with Gasteiger partial charge in [-0.25, -0.2) is 4.98 Å². The molecule has 2 N–H and O–H groups in total. The Balaban J connectivity index is 1.52. The summed E-state index contributed by atoms with van der Waals surface area (Å²) in [4.78, 5) is 18.4. The molecule has 0 radical (unpaired) electrons. The molecule has 1 aliphatic heterocycles. The topological polar surface area (TPSA) is 66.5 Å². The van der Waals surface area contributed by atoms with E-state index in [1.54, 1.807) is 6.07 Å². The van der Waals surface area contributed by atoms with E-state index >= 15 is 0 Å². The van der Waals surface area contributed by atoms with Gasteiger partial charge in [0.2, 0.25) is 0 Å². The Kier molecular flexibility index (Phi) is 6.48. The summed E-state index contributed by atoms with van der Waals surface area (Å²) in [5.74, 6) is -0.293. The molecule has 0 saturated carbocycles. The Morgan fingerprint density at radius 1 is 1.14 bits per heavy atom. The number of halogens is 3. The van der Waals surface area contributed by atoms with Crippen LogP contribution in [-0.4, -0.2) is 55.2 Å². The zero-order valence-corrected chi connectivity index (χ0v) is 15.1. The first-order valence-corrected chi connectivity index (χ1v) is 8.90. The molecule has 2 aromatic rings. The number of nitrogens with zero attached hydrogens (tertiary/aromatic N) is 2. The molecule has 1 aromatic heterocycles. The molecule has 0 spiro atoms. The van der Waals surface area contributed by atoms with Crippen molar-refractivity contribution >= 4 is 17.3 Å². The minimum Gasteiger partial charge on any atom is -0.379 e. The Labute approximate surface area is 160 Å². The summed E-state index contributed by atoms with van der Waals surface area (Å²) in [6.07, 6.45) is -2.99. The van der Waals surface area contributed by atoms with Gasteiger partial charge in [0.25, 0.3) is 5.91 Å². The molecule has 1 fully saturated rings. The van der Waals surface area contributed by atoms with Crippen molar-refractivity contribution in [3.63, 3.8) is 0 Å². The number of nitrogens with one attached hydrogen (secondary N) is 2. The molecule has 1 aromatic carbocycles. The second-order valence-corrected chi connectivity index (χ2v) is 6.35. The van der Waals surface area contributed by atoms with Gasteiger partial charge in [0.1, 0.15) is 5.69 Å². The molecular formula is C19H21F3N4O2. The number of rotatable bonds is 6. The number of pyridine rings is 1. The fourth-order valence-corrected chi connectivity index (χ4v) is 2.78. The van der Waals surface area contributed by atoms with Gasteiger partial charge in [0.15, 0.2) is 0 Å². The van der Waals surface area contributed by atoms with Crippen molar-refractivity contribution in [2.75, 3.05) is 44.7 Å². The molecule has 0 aliphatic carbocycles. The van der Waals surface area contributed by atoms with Crippen molar-refractivity contribution in [3.05, 3.63) is 53.9 Å². The van der Waals surface area contributed by atoms with Crippen molar-refractivity contribution in [2.45, 2.75) is 6.18 Å². The lowest BCUT2D eigenvalue weighted by molar-refractivity contribution is -0.137. The Bertz CT molecular complexity index is 791. The fraction of sp³-hybridized carbons (Fsp3) is 0.368. The quantitative estimate of drug-likeness (QED) is 0.789.